The summed E-state index contributed by atoms with van der Waals surface area (Å²) in [4.78, 5) is 23.5. The van der Waals surface area contributed by atoms with Crippen molar-refractivity contribution in [3.63, 3.8) is 0 Å². The van der Waals surface area contributed by atoms with Crippen molar-refractivity contribution in [2.24, 2.45) is 0 Å². The second kappa shape index (κ2) is 6.63. The fourth-order valence-corrected chi connectivity index (χ4v) is 2.54. The number of amides is 1. The van der Waals surface area contributed by atoms with Crippen molar-refractivity contribution in [1.82, 2.24) is 0 Å². The smallest absolute Gasteiger partial charge is 0.332 e. The van der Waals surface area contributed by atoms with Gasteiger partial charge < -0.3 is 15.2 Å². The first-order valence-corrected chi connectivity index (χ1v) is 7.01. The van der Waals surface area contributed by atoms with Crippen molar-refractivity contribution in [2.45, 2.75) is 25.7 Å². The molecule has 0 aromatic heterocycles. The highest BCUT2D eigenvalue weighted by molar-refractivity contribution is 6.31. The third-order valence-electron chi connectivity index (χ3n) is 3.41. The number of carbonyl (C=O) groups excluding carboxylic acids is 1. The average molecular weight is 310 g/mol. The second-order valence-corrected chi connectivity index (χ2v) is 5.20. The summed E-state index contributed by atoms with van der Waals surface area (Å²) in [6.07, 6.45) is 2.49. The topological polar surface area (TPSA) is 75.6 Å². The Morgan fingerprint density at radius 3 is 2.52 bits per heavy atom. The van der Waals surface area contributed by atoms with E-state index in [4.69, 9.17) is 16.3 Å². The first-order chi connectivity index (χ1) is 10.0. The third kappa shape index (κ3) is 3.55. The summed E-state index contributed by atoms with van der Waals surface area (Å²) < 4.78 is 5.16. The lowest BCUT2D eigenvalue weighted by atomic mass is 9.91. The number of benzene rings is 1. The minimum Gasteiger partial charge on any atom is -0.495 e. The Bertz CT molecular complexity index is 610. The zero-order valence-corrected chi connectivity index (χ0v) is 12.4. The lowest BCUT2D eigenvalue weighted by Gasteiger charge is -2.18. The number of aliphatic carboxylic acids is 1. The molecule has 0 unspecified atom stereocenters. The molecule has 5 nitrogen and oxygen atoms in total. The van der Waals surface area contributed by atoms with E-state index in [-0.39, 0.29) is 5.57 Å². The summed E-state index contributed by atoms with van der Waals surface area (Å²) in [5.41, 5.74) is 0.952. The molecule has 0 aliphatic heterocycles. The molecule has 6 heteroatoms. The van der Waals surface area contributed by atoms with Crippen LogP contribution in [0.5, 0.6) is 5.75 Å². The Hall–Kier alpha value is -2.01. The SMILES string of the molecule is COc1ccc(Cl)cc1NC(=O)C1=C(C(=O)O)CCCC1. The molecular formula is C15H16ClNO4. The summed E-state index contributed by atoms with van der Waals surface area (Å²) in [5.74, 6) is -0.966. The number of carbonyl (C=O) groups is 2. The van der Waals surface area contributed by atoms with Gasteiger partial charge in [-0.2, -0.15) is 0 Å². The van der Waals surface area contributed by atoms with Crippen LogP contribution in [0.25, 0.3) is 0 Å². The molecule has 0 atom stereocenters. The van der Waals surface area contributed by atoms with Gasteiger partial charge >= 0.3 is 5.97 Å². The first-order valence-electron chi connectivity index (χ1n) is 6.63. The van der Waals surface area contributed by atoms with Crippen LogP contribution in [0.3, 0.4) is 0 Å². The van der Waals surface area contributed by atoms with Gasteiger partial charge in [0.2, 0.25) is 0 Å². The van der Waals surface area contributed by atoms with E-state index in [0.29, 0.717) is 34.9 Å². The second-order valence-electron chi connectivity index (χ2n) is 4.77. The van der Waals surface area contributed by atoms with Crippen LogP contribution in [0.1, 0.15) is 25.7 Å². The van der Waals surface area contributed by atoms with E-state index in [1.165, 1.54) is 7.11 Å². The van der Waals surface area contributed by atoms with Crippen LogP contribution in [0.2, 0.25) is 5.02 Å². The van der Waals surface area contributed by atoms with E-state index >= 15 is 0 Å². The van der Waals surface area contributed by atoms with Crippen molar-refractivity contribution in [2.75, 3.05) is 12.4 Å². The Balaban J connectivity index is 2.29. The van der Waals surface area contributed by atoms with Crippen LogP contribution < -0.4 is 10.1 Å². The molecule has 0 heterocycles. The number of methoxy groups -OCH3 is 1. The van der Waals surface area contributed by atoms with Gasteiger partial charge in [0.15, 0.2) is 0 Å². The molecule has 1 aliphatic rings. The molecule has 2 rings (SSSR count). The normalized spacial score (nSPS) is 14.8. The Morgan fingerprint density at radius 1 is 1.24 bits per heavy atom. The predicted molar refractivity (Wildman–Crippen MR) is 79.8 cm³/mol. The molecule has 0 saturated carbocycles. The first kappa shape index (κ1) is 15.4. The van der Waals surface area contributed by atoms with Gasteiger partial charge in [-0.3, -0.25) is 4.79 Å². The molecule has 0 saturated heterocycles. The van der Waals surface area contributed by atoms with Crippen molar-refractivity contribution >= 4 is 29.2 Å². The van der Waals surface area contributed by atoms with E-state index in [9.17, 15) is 14.7 Å². The number of anilines is 1. The highest BCUT2D eigenvalue weighted by Gasteiger charge is 2.24. The van der Waals surface area contributed by atoms with Crippen molar-refractivity contribution < 1.29 is 19.4 Å². The molecule has 0 radical (unpaired) electrons. The van der Waals surface area contributed by atoms with Crippen LogP contribution in [0.4, 0.5) is 5.69 Å². The number of carboxylic acids is 1. The average Bonchev–Trinajstić information content (AvgIpc) is 2.47. The van der Waals surface area contributed by atoms with E-state index < -0.39 is 11.9 Å². The minimum absolute atomic E-state index is 0.194. The van der Waals surface area contributed by atoms with Gasteiger partial charge in [0.25, 0.3) is 5.91 Å². The van der Waals surface area contributed by atoms with Crippen LogP contribution in [-0.4, -0.2) is 24.1 Å². The number of halogens is 1. The van der Waals surface area contributed by atoms with Gasteiger partial charge in [-0.15, -0.1) is 0 Å². The van der Waals surface area contributed by atoms with Gasteiger partial charge in [-0.05, 0) is 43.9 Å². The molecular weight excluding hydrogens is 294 g/mol. The summed E-state index contributed by atoms with van der Waals surface area (Å²) in [6, 6.07) is 4.87. The zero-order valence-electron chi connectivity index (χ0n) is 11.6. The summed E-state index contributed by atoms with van der Waals surface area (Å²) >= 11 is 5.91. The van der Waals surface area contributed by atoms with Crippen molar-refractivity contribution in [3.05, 3.63) is 34.4 Å². The molecule has 2 N–H and O–H groups in total. The van der Waals surface area contributed by atoms with Crippen LogP contribution in [-0.2, 0) is 9.59 Å². The largest absolute Gasteiger partial charge is 0.495 e. The maximum Gasteiger partial charge on any atom is 0.332 e. The molecule has 1 aromatic rings. The molecule has 0 fully saturated rings. The van der Waals surface area contributed by atoms with Gasteiger partial charge in [0, 0.05) is 16.2 Å². The molecule has 1 aromatic carbocycles. The lowest BCUT2D eigenvalue weighted by molar-refractivity contribution is -0.133. The Morgan fingerprint density at radius 2 is 1.90 bits per heavy atom. The summed E-state index contributed by atoms with van der Waals surface area (Å²) in [7, 11) is 1.49. The van der Waals surface area contributed by atoms with Gasteiger partial charge in [-0.1, -0.05) is 11.6 Å². The molecule has 1 aliphatic carbocycles. The van der Waals surface area contributed by atoms with Crippen LogP contribution in [0, 0.1) is 0 Å². The van der Waals surface area contributed by atoms with E-state index in [1.807, 2.05) is 0 Å². The predicted octanol–water partition coefficient (Wildman–Crippen LogP) is 3.24. The third-order valence-corrected chi connectivity index (χ3v) is 3.64. The fraction of sp³-hybridized carbons (Fsp3) is 0.333. The van der Waals surface area contributed by atoms with Crippen molar-refractivity contribution in [3.8, 4) is 5.75 Å². The Kier molecular flexibility index (Phi) is 4.85. The van der Waals surface area contributed by atoms with E-state index in [1.54, 1.807) is 18.2 Å². The number of hydrogen-bond donors (Lipinski definition) is 2. The lowest BCUT2D eigenvalue weighted by Crippen LogP contribution is -2.21. The molecule has 0 bridgehead atoms. The van der Waals surface area contributed by atoms with E-state index in [0.717, 1.165) is 12.8 Å². The van der Waals surface area contributed by atoms with Gasteiger partial charge in [0.05, 0.1) is 12.8 Å². The number of rotatable bonds is 4. The quantitative estimate of drug-likeness (QED) is 0.895. The number of hydrogen-bond acceptors (Lipinski definition) is 3. The highest BCUT2D eigenvalue weighted by atomic mass is 35.5. The van der Waals surface area contributed by atoms with Gasteiger partial charge in [-0.25, -0.2) is 4.79 Å². The maximum atomic E-state index is 12.3. The number of ether oxygens (including phenoxy) is 1. The molecule has 21 heavy (non-hydrogen) atoms. The van der Waals surface area contributed by atoms with Crippen molar-refractivity contribution in [1.29, 1.82) is 0 Å². The van der Waals surface area contributed by atoms with Crippen LogP contribution >= 0.6 is 11.6 Å². The summed E-state index contributed by atoms with van der Waals surface area (Å²) in [5, 5.41) is 12.3. The number of carboxylic acid groups (broad SMARTS) is 1. The fourth-order valence-electron chi connectivity index (χ4n) is 2.37. The highest BCUT2D eigenvalue weighted by Crippen LogP contribution is 2.30. The molecule has 0 spiro atoms. The van der Waals surface area contributed by atoms with Crippen LogP contribution in [0.15, 0.2) is 29.3 Å². The zero-order chi connectivity index (χ0) is 15.4. The molecule has 112 valence electrons. The van der Waals surface area contributed by atoms with Gasteiger partial charge in [0.1, 0.15) is 5.75 Å². The minimum atomic E-state index is -1.03. The molecule has 1 amide bonds. The summed E-state index contributed by atoms with van der Waals surface area (Å²) in [6.45, 7) is 0. The standard InChI is InChI=1S/C15H16ClNO4/c1-21-13-7-6-9(16)8-12(13)17-14(18)10-4-2-3-5-11(10)15(19)20/h6-8H,2-5H2,1H3,(H,17,18)(H,19,20). The van der Waals surface area contributed by atoms with E-state index in [2.05, 4.69) is 5.32 Å². The number of nitrogens with one attached hydrogen (secondary N) is 1. The Labute approximate surface area is 127 Å². The maximum absolute atomic E-state index is 12.3. The monoisotopic (exact) mass is 309 g/mol.